The fourth-order valence-corrected chi connectivity index (χ4v) is 3.30. The summed E-state index contributed by atoms with van der Waals surface area (Å²) >= 11 is 1.90. The molecule has 2 nitrogen and oxygen atoms in total. The van der Waals surface area contributed by atoms with Crippen LogP contribution in [-0.2, 0) is 6.54 Å². The summed E-state index contributed by atoms with van der Waals surface area (Å²) in [5.74, 6) is 0. The van der Waals surface area contributed by atoms with Gasteiger partial charge in [-0.15, -0.1) is 11.3 Å². The summed E-state index contributed by atoms with van der Waals surface area (Å²) in [7, 11) is 0. The molecule has 2 heterocycles. The third-order valence-electron chi connectivity index (χ3n) is 3.41. The summed E-state index contributed by atoms with van der Waals surface area (Å²) in [5.41, 5.74) is 0. The zero-order valence-electron chi connectivity index (χ0n) is 10.8. The van der Waals surface area contributed by atoms with Crippen molar-refractivity contribution in [2.45, 2.75) is 51.6 Å². The first-order chi connectivity index (χ1) is 8.34. The molecule has 1 fully saturated rings. The first-order valence-electron chi connectivity index (χ1n) is 6.84. The van der Waals surface area contributed by atoms with E-state index < -0.39 is 0 Å². The minimum Gasteiger partial charge on any atom is -0.314 e. The van der Waals surface area contributed by atoms with E-state index in [1.54, 1.807) is 0 Å². The molecule has 0 radical (unpaired) electrons. The van der Waals surface area contributed by atoms with Crippen LogP contribution in [0.1, 0.15) is 41.9 Å². The van der Waals surface area contributed by atoms with E-state index >= 15 is 0 Å². The molecule has 0 amide bonds. The maximum Gasteiger partial charge on any atom is 0.0299 e. The van der Waals surface area contributed by atoms with E-state index in [1.807, 2.05) is 11.3 Å². The van der Waals surface area contributed by atoms with Crippen molar-refractivity contribution in [1.29, 1.82) is 0 Å². The third kappa shape index (κ3) is 4.78. The highest BCUT2D eigenvalue weighted by molar-refractivity contribution is 7.11. The minimum absolute atomic E-state index is 0.787. The fraction of sp³-hybridized carbons (Fsp3) is 0.714. The van der Waals surface area contributed by atoms with Crippen LogP contribution in [0.15, 0.2) is 12.1 Å². The van der Waals surface area contributed by atoms with E-state index in [9.17, 15) is 0 Å². The van der Waals surface area contributed by atoms with Crippen molar-refractivity contribution in [2.24, 2.45) is 0 Å². The molecule has 3 heteroatoms. The van der Waals surface area contributed by atoms with Crippen molar-refractivity contribution in [3.63, 3.8) is 0 Å². The number of aryl methyl sites for hydroxylation is 1. The molecule has 96 valence electrons. The normalized spacial score (nSPS) is 20.6. The van der Waals surface area contributed by atoms with Gasteiger partial charge < -0.3 is 10.6 Å². The van der Waals surface area contributed by atoms with Gasteiger partial charge >= 0.3 is 0 Å². The van der Waals surface area contributed by atoms with Gasteiger partial charge in [-0.2, -0.15) is 0 Å². The van der Waals surface area contributed by atoms with Crippen molar-refractivity contribution in [2.75, 3.05) is 13.1 Å². The first kappa shape index (κ1) is 13.1. The van der Waals surface area contributed by atoms with Crippen LogP contribution in [0.5, 0.6) is 0 Å². The maximum absolute atomic E-state index is 3.61. The van der Waals surface area contributed by atoms with Gasteiger partial charge in [-0.1, -0.05) is 6.42 Å². The Kier molecular flexibility index (Phi) is 5.49. The fourth-order valence-electron chi connectivity index (χ4n) is 2.44. The predicted molar refractivity (Wildman–Crippen MR) is 75.6 cm³/mol. The molecule has 1 aromatic rings. The highest BCUT2D eigenvalue weighted by atomic mass is 32.1. The topological polar surface area (TPSA) is 24.1 Å². The monoisotopic (exact) mass is 252 g/mol. The Labute approximate surface area is 109 Å². The van der Waals surface area contributed by atoms with E-state index in [1.165, 1.54) is 48.4 Å². The van der Waals surface area contributed by atoms with E-state index in [0.29, 0.717) is 0 Å². The van der Waals surface area contributed by atoms with Crippen LogP contribution in [0.2, 0.25) is 0 Å². The number of rotatable bonds is 6. The average Bonchev–Trinajstić information content (AvgIpc) is 2.76. The number of hydrogen-bond acceptors (Lipinski definition) is 3. The molecule has 0 aliphatic carbocycles. The predicted octanol–water partition coefficient (Wildman–Crippen LogP) is 3.07. The summed E-state index contributed by atoms with van der Waals surface area (Å²) in [6.45, 7) is 5.58. The van der Waals surface area contributed by atoms with Crippen molar-refractivity contribution >= 4 is 11.3 Å². The van der Waals surface area contributed by atoms with Gasteiger partial charge in [-0.3, -0.25) is 0 Å². The molecule has 1 aliphatic heterocycles. The molecule has 0 bridgehead atoms. The van der Waals surface area contributed by atoms with Crippen molar-refractivity contribution < 1.29 is 0 Å². The molecule has 0 spiro atoms. The Morgan fingerprint density at radius 3 is 3.06 bits per heavy atom. The highest BCUT2D eigenvalue weighted by Crippen LogP contribution is 2.14. The van der Waals surface area contributed by atoms with Gasteiger partial charge in [0.15, 0.2) is 0 Å². The van der Waals surface area contributed by atoms with Gasteiger partial charge in [0.25, 0.3) is 0 Å². The van der Waals surface area contributed by atoms with Crippen molar-refractivity contribution in [1.82, 2.24) is 10.6 Å². The number of nitrogens with one attached hydrogen (secondary N) is 2. The number of hydrogen-bond donors (Lipinski definition) is 2. The van der Waals surface area contributed by atoms with Crippen LogP contribution in [-0.4, -0.2) is 19.1 Å². The average molecular weight is 252 g/mol. The standard InChI is InChI=1S/C14H24N2S/c1-12-7-8-14(17-12)11-15-9-4-6-13-5-2-3-10-16-13/h7-8,13,15-16H,2-6,9-11H2,1H3. The van der Waals surface area contributed by atoms with Gasteiger partial charge in [0.2, 0.25) is 0 Å². The molecule has 0 saturated carbocycles. The van der Waals surface area contributed by atoms with E-state index in [0.717, 1.165) is 19.1 Å². The first-order valence-corrected chi connectivity index (χ1v) is 7.65. The van der Waals surface area contributed by atoms with Crippen molar-refractivity contribution in [3.05, 3.63) is 21.9 Å². The van der Waals surface area contributed by atoms with Gasteiger partial charge in [0.05, 0.1) is 0 Å². The Morgan fingerprint density at radius 1 is 1.41 bits per heavy atom. The summed E-state index contributed by atoms with van der Waals surface area (Å²) in [6.07, 6.45) is 6.79. The molecule has 0 aromatic carbocycles. The van der Waals surface area contributed by atoms with Gasteiger partial charge in [-0.05, 0) is 57.8 Å². The zero-order valence-corrected chi connectivity index (χ0v) is 11.6. The van der Waals surface area contributed by atoms with Crippen LogP contribution in [0, 0.1) is 6.92 Å². The second-order valence-corrected chi connectivity index (χ2v) is 6.35. The summed E-state index contributed by atoms with van der Waals surface area (Å²) in [5, 5.41) is 7.14. The quantitative estimate of drug-likeness (QED) is 0.760. The van der Waals surface area contributed by atoms with Crippen LogP contribution >= 0.6 is 11.3 Å². The third-order valence-corrected chi connectivity index (χ3v) is 4.41. The van der Waals surface area contributed by atoms with Crippen LogP contribution in [0.3, 0.4) is 0 Å². The van der Waals surface area contributed by atoms with Gasteiger partial charge in [0, 0.05) is 22.3 Å². The van der Waals surface area contributed by atoms with Crippen molar-refractivity contribution in [3.8, 4) is 0 Å². The molecule has 1 aromatic heterocycles. The van der Waals surface area contributed by atoms with E-state index in [2.05, 4.69) is 29.7 Å². The minimum atomic E-state index is 0.787. The van der Waals surface area contributed by atoms with Crippen LogP contribution < -0.4 is 10.6 Å². The van der Waals surface area contributed by atoms with E-state index in [-0.39, 0.29) is 0 Å². The molecule has 2 N–H and O–H groups in total. The second-order valence-electron chi connectivity index (χ2n) is 4.98. The lowest BCUT2D eigenvalue weighted by molar-refractivity contribution is 0.373. The molecule has 1 atom stereocenters. The van der Waals surface area contributed by atoms with Gasteiger partial charge in [-0.25, -0.2) is 0 Å². The molecule has 1 saturated heterocycles. The maximum atomic E-state index is 3.61. The lowest BCUT2D eigenvalue weighted by Gasteiger charge is -2.23. The smallest absolute Gasteiger partial charge is 0.0299 e. The van der Waals surface area contributed by atoms with Gasteiger partial charge in [0.1, 0.15) is 0 Å². The lowest BCUT2D eigenvalue weighted by Crippen LogP contribution is -2.34. The lowest BCUT2D eigenvalue weighted by atomic mass is 10.0. The molecule has 1 unspecified atom stereocenters. The molecule has 2 rings (SSSR count). The summed E-state index contributed by atoms with van der Waals surface area (Å²) < 4.78 is 0. The molecule has 17 heavy (non-hydrogen) atoms. The largest absolute Gasteiger partial charge is 0.314 e. The van der Waals surface area contributed by atoms with E-state index in [4.69, 9.17) is 0 Å². The SMILES string of the molecule is Cc1ccc(CNCCCC2CCCCN2)s1. The number of thiophene rings is 1. The Bertz CT molecular complexity index is 316. The van der Waals surface area contributed by atoms with Crippen LogP contribution in [0.4, 0.5) is 0 Å². The second kappa shape index (κ2) is 7.14. The highest BCUT2D eigenvalue weighted by Gasteiger charge is 2.11. The van der Waals surface area contributed by atoms with Crippen LogP contribution in [0.25, 0.3) is 0 Å². The zero-order chi connectivity index (χ0) is 11.9. The molecule has 1 aliphatic rings. The molecular weight excluding hydrogens is 228 g/mol. The Balaban J connectivity index is 1.51. The number of piperidine rings is 1. The summed E-state index contributed by atoms with van der Waals surface area (Å²) in [6, 6.07) is 5.22. The molecular formula is C14H24N2S. The Hall–Kier alpha value is -0.380. The summed E-state index contributed by atoms with van der Waals surface area (Å²) in [4.78, 5) is 2.87. The Morgan fingerprint density at radius 2 is 2.35 bits per heavy atom.